The van der Waals surface area contributed by atoms with Gasteiger partial charge >= 0.3 is 5.97 Å². The number of rotatable bonds is 4. The Bertz CT molecular complexity index is 428. The summed E-state index contributed by atoms with van der Waals surface area (Å²) < 4.78 is 5.05. The first-order valence-electron chi connectivity index (χ1n) is 6.04. The van der Waals surface area contributed by atoms with Gasteiger partial charge in [0.2, 0.25) is 0 Å². The van der Waals surface area contributed by atoms with Gasteiger partial charge in [-0.25, -0.2) is 4.79 Å². The summed E-state index contributed by atoms with van der Waals surface area (Å²) >= 11 is 0. The molecule has 18 heavy (non-hydrogen) atoms. The lowest BCUT2D eigenvalue weighted by Crippen LogP contribution is -2.42. The third-order valence-electron chi connectivity index (χ3n) is 3.11. The van der Waals surface area contributed by atoms with Crippen LogP contribution in [0.3, 0.4) is 0 Å². The first kappa shape index (κ1) is 12.9. The molecule has 5 nitrogen and oxygen atoms in total. The summed E-state index contributed by atoms with van der Waals surface area (Å²) in [7, 11) is 1.48. The number of piperazine rings is 1. The minimum atomic E-state index is -0.950. The molecule has 0 saturated carbocycles. The van der Waals surface area contributed by atoms with Crippen molar-refractivity contribution in [1.29, 1.82) is 0 Å². The van der Waals surface area contributed by atoms with E-state index in [0.717, 1.165) is 38.3 Å². The molecule has 1 aromatic carbocycles. The number of hydrogen-bond donors (Lipinski definition) is 2. The molecule has 0 unspecified atom stereocenters. The molecule has 1 aliphatic heterocycles. The van der Waals surface area contributed by atoms with Crippen LogP contribution in [0.4, 0.5) is 0 Å². The SMILES string of the molecule is COc1ccc(CN2CCNCC2)cc1C(=O)O. The summed E-state index contributed by atoms with van der Waals surface area (Å²) in [4.78, 5) is 13.4. The molecule has 2 N–H and O–H groups in total. The van der Waals surface area contributed by atoms with E-state index in [0.29, 0.717) is 5.75 Å². The summed E-state index contributed by atoms with van der Waals surface area (Å²) in [5.74, 6) is -0.541. The van der Waals surface area contributed by atoms with Gasteiger partial charge in [-0.15, -0.1) is 0 Å². The fourth-order valence-electron chi connectivity index (χ4n) is 2.15. The molecule has 1 aliphatic rings. The molecule has 0 amide bonds. The quantitative estimate of drug-likeness (QED) is 0.827. The van der Waals surface area contributed by atoms with Crippen LogP contribution in [0.1, 0.15) is 15.9 Å². The zero-order valence-corrected chi connectivity index (χ0v) is 10.5. The van der Waals surface area contributed by atoms with Crippen LogP contribution in [0.25, 0.3) is 0 Å². The lowest BCUT2D eigenvalue weighted by molar-refractivity contribution is 0.0693. The second-order valence-corrected chi connectivity index (χ2v) is 4.37. The number of ether oxygens (including phenoxy) is 1. The number of nitrogens with one attached hydrogen (secondary N) is 1. The van der Waals surface area contributed by atoms with Crippen molar-refractivity contribution in [1.82, 2.24) is 10.2 Å². The molecule has 1 fully saturated rings. The zero-order valence-electron chi connectivity index (χ0n) is 10.5. The molecule has 1 saturated heterocycles. The van der Waals surface area contributed by atoms with Gasteiger partial charge in [0, 0.05) is 32.7 Å². The highest BCUT2D eigenvalue weighted by Gasteiger charge is 2.14. The van der Waals surface area contributed by atoms with Crippen LogP contribution in [0.5, 0.6) is 5.75 Å². The van der Waals surface area contributed by atoms with E-state index in [9.17, 15) is 4.79 Å². The van der Waals surface area contributed by atoms with Crippen LogP contribution in [0.15, 0.2) is 18.2 Å². The van der Waals surface area contributed by atoms with Crippen LogP contribution >= 0.6 is 0 Å². The van der Waals surface area contributed by atoms with Crippen molar-refractivity contribution in [3.8, 4) is 5.75 Å². The van der Waals surface area contributed by atoms with E-state index in [-0.39, 0.29) is 5.56 Å². The average Bonchev–Trinajstić information content (AvgIpc) is 2.40. The van der Waals surface area contributed by atoms with Gasteiger partial charge in [0.25, 0.3) is 0 Å². The lowest BCUT2D eigenvalue weighted by Gasteiger charge is -2.27. The highest BCUT2D eigenvalue weighted by molar-refractivity contribution is 5.91. The average molecular weight is 250 g/mol. The predicted molar refractivity (Wildman–Crippen MR) is 68.1 cm³/mol. The Morgan fingerprint density at radius 3 is 2.78 bits per heavy atom. The van der Waals surface area contributed by atoms with Crippen LogP contribution < -0.4 is 10.1 Å². The second kappa shape index (κ2) is 5.84. The number of methoxy groups -OCH3 is 1. The van der Waals surface area contributed by atoms with E-state index in [2.05, 4.69) is 10.2 Å². The molecule has 0 spiro atoms. The fourth-order valence-corrected chi connectivity index (χ4v) is 2.15. The number of aromatic carboxylic acids is 1. The van der Waals surface area contributed by atoms with Gasteiger partial charge in [-0.05, 0) is 17.7 Å². The maximum absolute atomic E-state index is 11.1. The van der Waals surface area contributed by atoms with Gasteiger partial charge in [-0.2, -0.15) is 0 Å². The van der Waals surface area contributed by atoms with E-state index in [1.807, 2.05) is 6.07 Å². The second-order valence-electron chi connectivity index (χ2n) is 4.37. The van der Waals surface area contributed by atoms with Crippen molar-refractivity contribution < 1.29 is 14.6 Å². The Morgan fingerprint density at radius 1 is 1.44 bits per heavy atom. The largest absolute Gasteiger partial charge is 0.496 e. The van der Waals surface area contributed by atoms with Gasteiger partial charge in [-0.3, -0.25) is 4.90 Å². The maximum atomic E-state index is 11.1. The minimum absolute atomic E-state index is 0.227. The Morgan fingerprint density at radius 2 is 2.17 bits per heavy atom. The molecule has 2 rings (SSSR count). The minimum Gasteiger partial charge on any atom is -0.496 e. The first-order chi connectivity index (χ1) is 8.70. The summed E-state index contributed by atoms with van der Waals surface area (Å²) in [5.41, 5.74) is 1.24. The van der Waals surface area contributed by atoms with Crippen molar-refractivity contribution in [3.63, 3.8) is 0 Å². The number of hydrogen-bond acceptors (Lipinski definition) is 4. The van der Waals surface area contributed by atoms with Gasteiger partial charge in [0.05, 0.1) is 7.11 Å². The van der Waals surface area contributed by atoms with Crippen molar-refractivity contribution >= 4 is 5.97 Å². The Balaban J connectivity index is 2.13. The van der Waals surface area contributed by atoms with Crippen molar-refractivity contribution in [2.45, 2.75) is 6.54 Å². The van der Waals surface area contributed by atoms with E-state index in [1.54, 1.807) is 12.1 Å². The number of carboxylic acids is 1. The predicted octanol–water partition coefficient (Wildman–Crippen LogP) is 0.799. The van der Waals surface area contributed by atoms with Gasteiger partial charge in [0.1, 0.15) is 11.3 Å². The van der Waals surface area contributed by atoms with E-state index < -0.39 is 5.97 Å². The van der Waals surface area contributed by atoms with E-state index in [4.69, 9.17) is 9.84 Å². The molecule has 5 heteroatoms. The van der Waals surface area contributed by atoms with E-state index in [1.165, 1.54) is 7.11 Å². The molecule has 0 bridgehead atoms. The van der Waals surface area contributed by atoms with Crippen LogP contribution in [-0.4, -0.2) is 49.3 Å². The lowest BCUT2D eigenvalue weighted by atomic mass is 10.1. The van der Waals surface area contributed by atoms with Gasteiger partial charge < -0.3 is 15.2 Å². The van der Waals surface area contributed by atoms with Gasteiger partial charge in [0.15, 0.2) is 0 Å². The molecule has 0 aromatic heterocycles. The standard InChI is InChI=1S/C13H18N2O3/c1-18-12-3-2-10(8-11(12)13(16)17)9-15-6-4-14-5-7-15/h2-3,8,14H,4-7,9H2,1H3,(H,16,17). The number of carboxylic acid groups (broad SMARTS) is 1. The summed E-state index contributed by atoms with van der Waals surface area (Å²) in [6.07, 6.45) is 0. The molecule has 1 heterocycles. The van der Waals surface area contributed by atoms with Crippen LogP contribution in [0, 0.1) is 0 Å². The van der Waals surface area contributed by atoms with Crippen molar-refractivity contribution in [3.05, 3.63) is 29.3 Å². The summed E-state index contributed by atoms with van der Waals surface area (Å²) in [5, 5.41) is 12.4. The van der Waals surface area contributed by atoms with Crippen LogP contribution in [-0.2, 0) is 6.54 Å². The third-order valence-corrected chi connectivity index (χ3v) is 3.11. The first-order valence-corrected chi connectivity index (χ1v) is 6.04. The topological polar surface area (TPSA) is 61.8 Å². The molecule has 0 aliphatic carbocycles. The number of benzene rings is 1. The third kappa shape index (κ3) is 3.00. The molecule has 98 valence electrons. The summed E-state index contributed by atoms with van der Waals surface area (Å²) in [6, 6.07) is 5.34. The number of carbonyl (C=O) groups is 1. The maximum Gasteiger partial charge on any atom is 0.339 e. The number of nitrogens with zero attached hydrogens (tertiary/aromatic N) is 1. The van der Waals surface area contributed by atoms with Crippen LogP contribution in [0.2, 0.25) is 0 Å². The molecule has 1 aromatic rings. The Kier molecular flexibility index (Phi) is 4.17. The highest BCUT2D eigenvalue weighted by atomic mass is 16.5. The Hall–Kier alpha value is -1.59. The zero-order chi connectivity index (χ0) is 13.0. The normalized spacial score (nSPS) is 16.5. The van der Waals surface area contributed by atoms with Crippen molar-refractivity contribution in [2.75, 3.05) is 33.3 Å². The Labute approximate surface area is 106 Å². The molecular weight excluding hydrogens is 232 g/mol. The molecule has 0 atom stereocenters. The van der Waals surface area contributed by atoms with Crippen molar-refractivity contribution in [2.24, 2.45) is 0 Å². The summed E-state index contributed by atoms with van der Waals surface area (Å²) in [6.45, 7) is 4.75. The van der Waals surface area contributed by atoms with E-state index >= 15 is 0 Å². The van der Waals surface area contributed by atoms with Gasteiger partial charge in [-0.1, -0.05) is 6.07 Å². The molecular formula is C13H18N2O3. The molecule has 0 radical (unpaired) electrons. The highest BCUT2D eigenvalue weighted by Crippen LogP contribution is 2.20. The monoisotopic (exact) mass is 250 g/mol. The fraction of sp³-hybridized carbons (Fsp3) is 0.462. The smallest absolute Gasteiger partial charge is 0.339 e.